The molecule has 0 aromatic rings. The number of methoxy groups -OCH3 is 1. The Labute approximate surface area is 110 Å². The summed E-state index contributed by atoms with van der Waals surface area (Å²) in [6.07, 6.45) is 2.57. The van der Waals surface area contributed by atoms with Crippen molar-refractivity contribution in [3.05, 3.63) is 0 Å². The van der Waals surface area contributed by atoms with Crippen LogP contribution < -0.4 is 0 Å². The standard InChI is InChI=1S/C14H26O4/c1-5-18-14(8-10-17-11-9-14)12(15)6-7-13(2,3)16-4/h5-11H2,1-4H3. The predicted molar refractivity (Wildman–Crippen MR) is 69.7 cm³/mol. The zero-order valence-corrected chi connectivity index (χ0v) is 12.1. The van der Waals surface area contributed by atoms with E-state index in [0.717, 1.165) is 6.42 Å². The van der Waals surface area contributed by atoms with Gasteiger partial charge in [-0.2, -0.15) is 0 Å². The molecule has 0 bridgehead atoms. The molecule has 0 spiro atoms. The van der Waals surface area contributed by atoms with Crippen LogP contribution >= 0.6 is 0 Å². The molecule has 0 N–H and O–H groups in total. The maximum absolute atomic E-state index is 12.4. The van der Waals surface area contributed by atoms with E-state index in [1.165, 1.54) is 0 Å². The summed E-state index contributed by atoms with van der Waals surface area (Å²) < 4.78 is 16.4. The molecular formula is C14H26O4. The first-order valence-corrected chi connectivity index (χ1v) is 6.76. The molecule has 18 heavy (non-hydrogen) atoms. The normalized spacial score (nSPS) is 19.8. The van der Waals surface area contributed by atoms with E-state index in [-0.39, 0.29) is 11.4 Å². The molecule has 4 nitrogen and oxygen atoms in total. The van der Waals surface area contributed by atoms with Gasteiger partial charge in [0, 0.05) is 46.2 Å². The first-order valence-electron chi connectivity index (χ1n) is 6.76. The summed E-state index contributed by atoms with van der Waals surface area (Å²) in [6.45, 7) is 7.72. The monoisotopic (exact) mass is 258 g/mol. The molecule has 0 unspecified atom stereocenters. The number of hydrogen-bond donors (Lipinski definition) is 0. The zero-order valence-electron chi connectivity index (χ0n) is 12.1. The van der Waals surface area contributed by atoms with Gasteiger partial charge in [0.05, 0.1) is 5.60 Å². The second-order valence-electron chi connectivity index (χ2n) is 5.43. The molecule has 0 aliphatic carbocycles. The molecule has 4 heteroatoms. The van der Waals surface area contributed by atoms with E-state index in [2.05, 4.69) is 0 Å². The van der Waals surface area contributed by atoms with Crippen molar-refractivity contribution in [3.8, 4) is 0 Å². The fourth-order valence-corrected chi connectivity index (χ4v) is 2.23. The highest BCUT2D eigenvalue weighted by Crippen LogP contribution is 2.29. The summed E-state index contributed by atoms with van der Waals surface area (Å²) in [5.41, 5.74) is -0.870. The van der Waals surface area contributed by atoms with Crippen molar-refractivity contribution in [1.29, 1.82) is 0 Å². The Morgan fingerprint density at radius 1 is 1.33 bits per heavy atom. The molecule has 106 valence electrons. The SMILES string of the molecule is CCOC1(C(=O)CCC(C)(C)OC)CCOCC1. The van der Waals surface area contributed by atoms with Crippen LogP contribution in [0.2, 0.25) is 0 Å². The van der Waals surface area contributed by atoms with E-state index >= 15 is 0 Å². The highest BCUT2D eigenvalue weighted by molar-refractivity contribution is 5.87. The summed E-state index contributed by atoms with van der Waals surface area (Å²) in [7, 11) is 1.68. The van der Waals surface area contributed by atoms with E-state index < -0.39 is 5.60 Å². The van der Waals surface area contributed by atoms with Gasteiger partial charge in [0.15, 0.2) is 5.78 Å². The second-order valence-corrected chi connectivity index (χ2v) is 5.43. The van der Waals surface area contributed by atoms with Crippen LogP contribution in [0.3, 0.4) is 0 Å². The van der Waals surface area contributed by atoms with Gasteiger partial charge in [0.1, 0.15) is 5.60 Å². The molecule has 0 radical (unpaired) electrons. The van der Waals surface area contributed by atoms with Gasteiger partial charge < -0.3 is 14.2 Å². The smallest absolute Gasteiger partial charge is 0.164 e. The van der Waals surface area contributed by atoms with E-state index in [1.54, 1.807) is 7.11 Å². The van der Waals surface area contributed by atoms with E-state index in [0.29, 0.717) is 39.1 Å². The maximum Gasteiger partial charge on any atom is 0.164 e. The van der Waals surface area contributed by atoms with Crippen molar-refractivity contribution in [2.24, 2.45) is 0 Å². The zero-order chi connectivity index (χ0) is 13.6. The fourth-order valence-electron chi connectivity index (χ4n) is 2.23. The van der Waals surface area contributed by atoms with E-state index in [9.17, 15) is 4.79 Å². The fraction of sp³-hybridized carbons (Fsp3) is 0.929. The summed E-state index contributed by atoms with van der Waals surface area (Å²) >= 11 is 0. The second kappa shape index (κ2) is 6.64. The lowest BCUT2D eigenvalue weighted by molar-refractivity contribution is -0.158. The van der Waals surface area contributed by atoms with E-state index in [4.69, 9.17) is 14.2 Å². The van der Waals surface area contributed by atoms with Crippen LogP contribution in [0.5, 0.6) is 0 Å². The Bertz CT molecular complexity index is 261. The Morgan fingerprint density at radius 3 is 2.44 bits per heavy atom. The van der Waals surface area contributed by atoms with Gasteiger partial charge in [0.2, 0.25) is 0 Å². The topological polar surface area (TPSA) is 44.8 Å². The van der Waals surface area contributed by atoms with Crippen LogP contribution in [0.25, 0.3) is 0 Å². The lowest BCUT2D eigenvalue weighted by Gasteiger charge is -2.36. The molecule has 1 fully saturated rings. The third-order valence-corrected chi connectivity index (χ3v) is 3.74. The van der Waals surface area contributed by atoms with Crippen molar-refractivity contribution in [2.75, 3.05) is 26.9 Å². The Morgan fingerprint density at radius 2 is 1.94 bits per heavy atom. The average Bonchev–Trinajstić information content (AvgIpc) is 2.37. The summed E-state index contributed by atoms with van der Waals surface area (Å²) in [4.78, 5) is 12.4. The minimum absolute atomic E-state index is 0.192. The lowest BCUT2D eigenvalue weighted by Crippen LogP contribution is -2.47. The van der Waals surface area contributed by atoms with Crippen molar-refractivity contribution in [1.82, 2.24) is 0 Å². The first kappa shape index (κ1) is 15.6. The molecule has 1 aliphatic rings. The largest absolute Gasteiger partial charge is 0.381 e. The number of ether oxygens (including phenoxy) is 3. The summed E-state index contributed by atoms with van der Waals surface area (Å²) in [5.74, 6) is 0.192. The Balaban J connectivity index is 2.60. The van der Waals surface area contributed by atoms with Crippen LogP contribution in [0.4, 0.5) is 0 Å². The Kier molecular flexibility index (Phi) is 5.76. The third kappa shape index (κ3) is 4.04. The maximum atomic E-state index is 12.4. The third-order valence-electron chi connectivity index (χ3n) is 3.74. The summed E-state index contributed by atoms with van der Waals surface area (Å²) in [6, 6.07) is 0. The van der Waals surface area contributed by atoms with Crippen LogP contribution in [0.1, 0.15) is 46.5 Å². The van der Waals surface area contributed by atoms with Crippen molar-refractivity contribution >= 4 is 5.78 Å². The van der Waals surface area contributed by atoms with Crippen molar-refractivity contribution < 1.29 is 19.0 Å². The quantitative estimate of drug-likeness (QED) is 0.703. The highest BCUT2D eigenvalue weighted by Gasteiger charge is 2.40. The van der Waals surface area contributed by atoms with Gasteiger partial charge in [-0.3, -0.25) is 4.79 Å². The van der Waals surface area contributed by atoms with Crippen molar-refractivity contribution in [3.63, 3.8) is 0 Å². The van der Waals surface area contributed by atoms with Crippen LogP contribution in [-0.4, -0.2) is 43.9 Å². The molecule has 1 saturated heterocycles. The first-order chi connectivity index (χ1) is 8.46. The molecule has 0 saturated carbocycles. The minimum atomic E-state index is -0.614. The molecular weight excluding hydrogens is 232 g/mol. The molecule has 0 atom stereocenters. The number of ketones is 1. The lowest BCUT2D eigenvalue weighted by atomic mass is 9.85. The Hall–Kier alpha value is -0.450. The van der Waals surface area contributed by atoms with Crippen LogP contribution in [0, 0.1) is 0 Å². The van der Waals surface area contributed by atoms with Crippen LogP contribution in [-0.2, 0) is 19.0 Å². The molecule has 0 amide bonds. The van der Waals surface area contributed by atoms with Gasteiger partial charge in [-0.1, -0.05) is 0 Å². The van der Waals surface area contributed by atoms with Crippen molar-refractivity contribution in [2.45, 2.75) is 57.7 Å². The van der Waals surface area contributed by atoms with Gasteiger partial charge in [-0.25, -0.2) is 0 Å². The molecule has 0 aromatic carbocycles. The average molecular weight is 258 g/mol. The van der Waals surface area contributed by atoms with E-state index in [1.807, 2.05) is 20.8 Å². The molecule has 0 aromatic heterocycles. The van der Waals surface area contributed by atoms with Crippen LogP contribution in [0.15, 0.2) is 0 Å². The predicted octanol–water partition coefficient (Wildman–Crippen LogP) is 2.35. The van der Waals surface area contributed by atoms with Gasteiger partial charge in [-0.05, 0) is 27.2 Å². The number of Topliss-reactive ketones (excluding diaryl/α,β-unsaturated/α-hetero) is 1. The van der Waals surface area contributed by atoms with Gasteiger partial charge >= 0.3 is 0 Å². The molecule has 1 heterocycles. The highest BCUT2D eigenvalue weighted by atomic mass is 16.5. The minimum Gasteiger partial charge on any atom is -0.381 e. The van der Waals surface area contributed by atoms with Gasteiger partial charge in [0.25, 0.3) is 0 Å². The number of rotatable bonds is 7. The molecule has 1 aliphatic heterocycles. The number of carbonyl (C=O) groups is 1. The summed E-state index contributed by atoms with van der Waals surface area (Å²) in [5, 5.41) is 0. The number of hydrogen-bond acceptors (Lipinski definition) is 4. The molecule has 1 rings (SSSR count). The number of carbonyl (C=O) groups excluding carboxylic acids is 1. The van der Waals surface area contributed by atoms with Gasteiger partial charge in [-0.15, -0.1) is 0 Å².